The van der Waals surface area contributed by atoms with Crippen LogP contribution in [0.3, 0.4) is 0 Å². The van der Waals surface area contributed by atoms with Crippen molar-refractivity contribution in [1.29, 1.82) is 0 Å². The van der Waals surface area contributed by atoms with Crippen molar-refractivity contribution in [1.82, 2.24) is 19.6 Å². The van der Waals surface area contributed by atoms with Gasteiger partial charge in [0.05, 0.1) is 27.5 Å². The fourth-order valence-corrected chi connectivity index (χ4v) is 5.74. The maximum Gasteiger partial charge on any atom is 0.291 e. The van der Waals surface area contributed by atoms with E-state index in [9.17, 15) is 32.3 Å². The quantitative estimate of drug-likeness (QED) is 0.133. The highest BCUT2D eigenvalue weighted by Crippen LogP contribution is 2.31. The summed E-state index contributed by atoms with van der Waals surface area (Å²) in [6, 6.07) is 24.0. The van der Waals surface area contributed by atoms with Gasteiger partial charge < -0.3 is 10.6 Å². The molecule has 0 aliphatic carbocycles. The topological polar surface area (TPSA) is 128 Å². The summed E-state index contributed by atoms with van der Waals surface area (Å²) in [6.07, 6.45) is 0. The molecule has 0 spiro atoms. The Balaban J connectivity index is 0.000000208. The first-order valence-electron chi connectivity index (χ1n) is 16.7. The van der Waals surface area contributed by atoms with E-state index in [0.717, 1.165) is 4.68 Å². The van der Waals surface area contributed by atoms with Crippen LogP contribution in [-0.4, -0.2) is 31.1 Å². The first-order chi connectivity index (χ1) is 25.8. The van der Waals surface area contributed by atoms with Gasteiger partial charge >= 0.3 is 0 Å². The standard InChI is InChI=1S/C20H17ClFN3O2.C20H17F2N3O2/c1-3-25-20(27)19(23-16-10-5-4-9-15(16)21)17(12(2)26)18(24-25)13-7-6-8-14(22)11-13;1-3-25-20(27)19(23-16-10-5-4-9-15(16)22)17(12(2)26)18(24-25)13-7-6-8-14(21)11-13/h2*4-11,23H,3H2,1-2H3. The molecule has 4 aromatic carbocycles. The van der Waals surface area contributed by atoms with Gasteiger partial charge in [-0.3, -0.25) is 19.2 Å². The minimum Gasteiger partial charge on any atom is -0.349 e. The molecule has 10 nitrogen and oxygen atoms in total. The van der Waals surface area contributed by atoms with E-state index in [1.807, 2.05) is 0 Å². The Kier molecular flexibility index (Phi) is 12.2. The number of benzene rings is 4. The number of aromatic nitrogens is 4. The zero-order valence-corrected chi connectivity index (χ0v) is 30.3. The van der Waals surface area contributed by atoms with E-state index in [4.69, 9.17) is 11.6 Å². The summed E-state index contributed by atoms with van der Waals surface area (Å²) in [4.78, 5) is 50.4. The molecule has 276 valence electrons. The van der Waals surface area contributed by atoms with Crippen LogP contribution in [0.4, 0.5) is 35.9 Å². The summed E-state index contributed by atoms with van der Waals surface area (Å²) in [5.74, 6) is -2.34. The Morgan fingerprint density at radius 1 is 0.630 bits per heavy atom. The molecule has 0 aliphatic rings. The average molecular weight is 755 g/mol. The SMILES string of the molecule is CCn1nc(-c2cccc(F)c2)c(C(C)=O)c(Nc2ccccc2Cl)c1=O.CCn1nc(-c2cccc(F)c2)c(C(C)=O)c(Nc2ccccc2F)c1=O. The van der Waals surface area contributed by atoms with E-state index in [0.29, 0.717) is 21.8 Å². The maximum atomic E-state index is 14.1. The molecular formula is C40H34ClF3N6O4. The zero-order chi connectivity index (χ0) is 39.1. The number of hydrogen-bond donors (Lipinski definition) is 2. The lowest BCUT2D eigenvalue weighted by atomic mass is 10.0. The van der Waals surface area contributed by atoms with Crippen LogP contribution in [0, 0.1) is 17.5 Å². The minimum atomic E-state index is -0.571. The van der Waals surface area contributed by atoms with Crippen molar-refractivity contribution in [2.24, 2.45) is 0 Å². The average Bonchev–Trinajstić information content (AvgIpc) is 3.14. The Bertz CT molecular complexity index is 2330. The van der Waals surface area contributed by atoms with Gasteiger partial charge in [0, 0.05) is 24.2 Å². The van der Waals surface area contributed by atoms with E-state index < -0.39 is 34.4 Å². The fraction of sp³-hybridized carbons (Fsp3) is 0.150. The summed E-state index contributed by atoms with van der Waals surface area (Å²) in [5, 5.41) is 14.6. The van der Waals surface area contributed by atoms with Crippen LogP contribution in [0.2, 0.25) is 5.02 Å². The number of ketones is 2. The third-order valence-corrected chi connectivity index (χ3v) is 8.41. The number of carbonyl (C=O) groups excluding carboxylic acids is 2. The summed E-state index contributed by atoms with van der Waals surface area (Å²) in [7, 11) is 0. The molecule has 0 saturated heterocycles. The highest BCUT2D eigenvalue weighted by atomic mass is 35.5. The number of Topliss-reactive ketones (excluding diaryl/α,β-unsaturated/α-hetero) is 2. The molecule has 0 aliphatic heterocycles. The largest absolute Gasteiger partial charge is 0.349 e. The predicted octanol–water partition coefficient (Wildman–Crippen LogP) is 8.82. The Morgan fingerprint density at radius 3 is 1.46 bits per heavy atom. The molecular weight excluding hydrogens is 721 g/mol. The van der Waals surface area contributed by atoms with E-state index in [2.05, 4.69) is 20.8 Å². The van der Waals surface area contributed by atoms with Crippen molar-refractivity contribution in [2.45, 2.75) is 40.8 Å². The van der Waals surface area contributed by atoms with Crippen LogP contribution in [0.15, 0.2) is 107 Å². The van der Waals surface area contributed by atoms with Crippen molar-refractivity contribution >= 4 is 45.9 Å². The molecule has 0 unspecified atom stereocenters. The van der Waals surface area contributed by atoms with Gasteiger partial charge in [0.25, 0.3) is 11.1 Å². The number of carbonyl (C=O) groups is 2. The van der Waals surface area contributed by atoms with E-state index in [-0.39, 0.29) is 58.4 Å². The smallest absolute Gasteiger partial charge is 0.291 e. The maximum absolute atomic E-state index is 14.1. The Morgan fingerprint density at radius 2 is 1.06 bits per heavy atom. The van der Waals surface area contributed by atoms with Gasteiger partial charge in [0.15, 0.2) is 11.6 Å². The molecule has 2 aromatic heterocycles. The van der Waals surface area contributed by atoms with Crippen molar-refractivity contribution in [2.75, 3.05) is 10.6 Å². The summed E-state index contributed by atoms with van der Waals surface area (Å²) >= 11 is 6.19. The van der Waals surface area contributed by atoms with Crippen LogP contribution in [0.5, 0.6) is 0 Å². The second kappa shape index (κ2) is 17.0. The number of para-hydroxylation sites is 2. The van der Waals surface area contributed by atoms with Gasteiger partial charge in [-0.1, -0.05) is 60.1 Å². The highest BCUT2D eigenvalue weighted by molar-refractivity contribution is 6.33. The second-order valence-electron chi connectivity index (χ2n) is 11.8. The molecule has 0 atom stereocenters. The van der Waals surface area contributed by atoms with Crippen molar-refractivity contribution in [3.63, 3.8) is 0 Å². The number of aryl methyl sites for hydroxylation is 2. The van der Waals surface area contributed by atoms with E-state index in [1.165, 1.54) is 73.1 Å². The molecule has 2 N–H and O–H groups in total. The molecule has 2 heterocycles. The number of rotatable bonds is 10. The van der Waals surface area contributed by atoms with Gasteiger partial charge in [0.2, 0.25) is 0 Å². The van der Waals surface area contributed by atoms with Crippen LogP contribution in [0.25, 0.3) is 22.5 Å². The van der Waals surface area contributed by atoms with Gasteiger partial charge in [-0.15, -0.1) is 0 Å². The monoisotopic (exact) mass is 754 g/mol. The molecule has 6 rings (SSSR count). The van der Waals surface area contributed by atoms with Gasteiger partial charge in [-0.2, -0.15) is 10.2 Å². The van der Waals surface area contributed by atoms with Crippen molar-refractivity contribution in [3.8, 4) is 22.5 Å². The molecule has 0 fully saturated rings. The lowest BCUT2D eigenvalue weighted by Gasteiger charge is -2.16. The van der Waals surface area contributed by atoms with Gasteiger partial charge in [-0.05, 0) is 76.2 Å². The van der Waals surface area contributed by atoms with Crippen molar-refractivity contribution in [3.05, 3.63) is 151 Å². The first-order valence-corrected chi connectivity index (χ1v) is 17.1. The summed E-state index contributed by atoms with van der Waals surface area (Å²) < 4.78 is 43.9. The molecule has 0 bridgehead atoms. The third kappa shape index (κ3) is 8.48. The number of hydrogen-bond acceptors (Lipinski definition) is 8. The van der Waals surface area contributed by atoms with Crippen LogP contribution in [-0.2, 0) is 13.1 Å². The van der Waals surface area contributed by atoms with E-state index >= 15 is 0 Å². The lowest BCUT2D eigenvalue weighted by Crippen LogP contribution is -2.28. The fourth-order valence-electron chi connectivity index (χ4n) is 5.56. The molecule has 14 heteroatoms. The van der Waals surface area contributed by atoms with Gasteiger partial charge in [-0.25, -0.2) is 22.5 Å². The predicted molar refractivity (Wildman–Crippen MR) is 204 cm³/mol. The highest BCUT2D eigenvalue weighted by Gasteiger charge is 2.24. The van der Waals surface area contributed by atoms with Gasteiger partial charge in [0.1, 0.15) is 40.2 Å². The molecule has 54 heavy (non-hydrogen) atoms. The van der Waals surface area contributed by atoms with Crippen molar-refractivity contribution < 1.29 is 22.8 Å². The molecule has 0 radical (unpaired) electrons. The molecule has 0 amide bonds. The molecule has 6 aromatic rings. The van der Waals surface area contributed by atoms with Crippen LogP contribution in [0.1, 0.15) is 48.4 Å². The summed E-state index contributed by atoms with van der Waals surface area (Å²) in [6.45, 7) is 6.61. The number of nitrogens with zero attached hydrogens (tertiary/aromatic N) is 4. The van der Waals surface area contributed by atoms with E-state index in [1.54, 1.807) is 56.3 Å². The van der Waals surface area contributed by atoms with Crippen LogP contribution < -0.4 is 21.8 Å². The summed E-state index contributed by atoms with van der Waals surface area (Å²) in [5.41, 5.74) is 0.705. The number of halogens is 4. The zero-order valence-electron chi connectivity index (χ0n) is 29.6. The normalized spacial score (nSPS) is 10.7. The molecule has 0 saturated carbocycles. The second-order valence-corrected chi connectivity index (χ2v) is 12.2. The third-order valence-electron chi connectivity index (χ3n) is 8.08. The number of nitrogens with one attached hydrogen (secondary N) is 2. The first kappa shape index (κ1) is 38.9. The minimum absolute atomic E-state index is 0.0152. The Hall–Kier alpha value is -6.34. The number of anilines is 4. The Labute approximate surface area is 312 Å². The lowest BCUT2D eigenvalue weighted by molar-refractivity contribution is 0.101. The van der Waals surface area contributed by atoms with Crippen LogP contribution >= 0.6 is 11.6 Å².